The van der Waals surface area contributed by atoms with Gasteiger partial charge in [-0.25, -0.2) is 4.79 Å². The molecule has 4 heteroatoms. The molecule has 1 N–H and O–H groups in total. The van der Waals surface area contributed by atoms with E-state index in [-0.39, 0.29) is 12.1 Å². The molecule has 0 spiro atoms. The third kappa shape index (κ3) is 2.99. The fraction of sp³-hybridized carbons (Fsp3) is 0.588. The van der Waals surface area contributed by atoms with Gasteiger partial charge in [0.05, 0.1) is 12.2 Å². The average molecular weight is 288 g/mol. The molecule has 0 saturated heterocycles. The molecule has 4 nitrogen and oxygen atoms in total. The zero-order valence-corrected chi connectivity index (χ0v) is 12.9. The van der Waals surface area contributed by atoms with Gasteiger partial charge < -0.3 is 10.1 Å². The van der Waals surface area contributed by atoms with Crippen molar-refractivity contribution in [1.82, 2.24) is 5.32 Å². The standard InChI is InChI=1S/C17H24N2O2/c1-3-14-11-19(17(20)18-13-6-4-5-7-13)15-10-12(2)8-9-16(15)21-14/h8-10,13-14H,3-7,11H2,1-2H3,(H,18,20)/t14-/m1/s1. The quantitative estimate of drug-likeness (QED) is 0.903. The Hall–Kier alpha value is -1.71. The molecule has 1 aromatic rings. The van der Waals surface area contributed by atoms with Crippen molar-refractivity contribution in [2.75, 3.05) is 11.4 Å². The number of aryl methyl sites for hydroxylation is 1. The van der Waals surface area contributed by atoms with Crippen molar-refractivity contribution < 1.29 is 9.53 Å². The minimum Gasteiger partial charge on any atom is -0.486 e. The molecule has 21 heavy (non-hydrogen) atoms. The van der Waals surface area contributed by atoms with Gasteiger partial charge in [0.25, 0.3) is 0 Å². The van der Waals surface area contributed by atoms with Gasteiger partial charge in [0.15, 0.2) is 0 Å². The van der Waals surface area contributed by atoms with E-state index in [0.29, 0.717) is 12.6 Å². The number of rotatable bonds is 2. The molecule has 2 amide bonds. The molecule has 1 aliphatic heterocycles. The summed E-state index contributed by atoms with van der Waals surface area (Å²) in [6.45, 7) is 4.77. The maximum atomic E-state index is 12.6. The van der Waals surface area contributed by atoms with Crippen LogP contribution in [0.3, 0.4) is 0 Å². The number of fused-ring (bicyclic) bond motifs is 1. The SMILES string of the molecule is CC[C@@H]1CN(C(=O)NC2CCCC2)c2cc(C)ccc2O1. The Morgan fingerprint density at radius 2 is 2.14 bits per heavy atom. The summed E-state index contributed by atoms with van der Waals surface area (Å²) < 4.78 is 5.96. The molecule has 1 aliphatic carbocycles. The number of carbonyl (C=O) groups is 1. The first-order valence-electron chi connectivity index (χ1n) is 8.02. The first-order chi connectivity index (χ1) is 10.2. The van der Waals surface area contributed by atoms with Crippen LogP contribution >= 0.6 is 0 Å². The lowest BCUT2D eigenvalue weighted by atomic mass is 10.1. The summed E-state index contributed by atoms with van der Waals surface area (Å²) in [6, 6.07) is 6.41. The zero-order valence-electron chi connectivity index (χ0n) is 12.9. The van der Waals surface area contributed by atoms with E-state index >= 15 is 0 Å². The molecule has 3 rings (SSSR count). The van der Waals surface area contributed by atoms with Crippen molar-refractivity contribution in [3.63, 3.8) is 0 Å². The van der Waals surface area contributed by atoms with Crippen LogP contribution in [0.25, 0.3) is 0 Å². The highest BCUT2D eigenvalue weighted by Crippen LogP contribution is 2.35. The minimum absolute atomic E-state index is 0.0236. The number of hydrogen-bond donors (Lipinski definition) is 1. The summed E-state index contributed by atoms with van der Waals surface area (Å²) in [4.78, 5) is 14.5. The van der Waals surface area contributed by atoms with Gasteiger partial charge in [-0.3, -0.25) is 4.90 Å². The maximum absolute atomic E-state index is 12.6. The highest BCUT2D eigenvalue weighted by atomic mass is 16.5. The molecule has 0 bridgehead atoms. The van der Waals surface area contributed by atoms with Crippen LogP contribution < -0.4 is 15.0 Å². The number of anilines is 1. The van der Waals surface area contributed by atoms with Gasteiger partial charge >= 0.3 is 6.03 Å². The van der Waals surface area contributed by atoms with Crippen molar-refractivity contribution >= 4 is 11.7 Å². The first kappa shape index (κ1) is 14.2. The van der Waals surface area contributed by atoms with Crippen LogP contribution in [0.15, 0.2) is 18.2 Å². The van der Waals surface area contributed by atoms with E-state index in [1.54, 1.807) is 0 Å². The zero-order chi connectivity index (χ0) is 14.8. The molecule has 0 radical (unpaired) electrons. The van der Waals surface area contributed by atoms with Crippen molar-refractivity contribution in [3.8, 4) is 5.75 Å². The second kappa shape index (κ2) is 5.96. The van der Waals surface area contributed by atoms with Crippen molar-refractivity contribution in [2.24, 2.45) is 0 Å². The number of carbonyl (C=O) groups excluding carboxylic acids is 1. The van der Waals surface area contributed by atoms with Crippen LogP contribution in [0.4, 0.5) is 10.5 Å². The average Bonchev–Trinajstić information content (AvgIpc) is 2.99. The molecule has 0 aromatic heterocycles. The van der Waals surface area contributed by atoms with Crippen molar-refractivity contribution in [1.29, 1.82) is 0 Å². The highest BCUT2D eigenvalue weighted by Gasteiger charge is 2.30. The third-order valence-corrected chi connectivity index (χ3v) is 4.47. The van der Waals surface area contributed by atoms with Crippen molar-refractivity contribution in [2.45, 2.75) is 58.1 Å². The summed E-state index contributed by atoms with van der Waals surface area (Å²) in [5.74, 6) is 0.820. The second-order valence-corrected chi connectivity index (χ2v) is 6.16. The summed E-state index contributed by atoms with van der Waals surface area (Å²) in [5.41, 5.74) is 2.04. The van der Waals surface area contributed by atoms with Crippen LogP contribution in [0.1, 0.15) is 44.6 Å². The molecule has 1 saturated carbocycles. The third-order valence-electron chi connectivity index (χ3n) is 4.47. The van der Waals surface area contributed by atoms with Crippen LogP contribution in [0.5, 0.6) is 5.75 Å². The molecule has 114 valence electrons. The number of benzene rings is 1. The van der Waals surface area contributed by atoms with Gasteiger partial charge in [0.2, 0.25) is 0 Å². The number of nitrogens with zero attached hydrogens (tertiary/aromatic N) is 1. The van der Waals surface area contributed by atoms with Gasteiger partial charge in [0.1, 0.15) is 11.9 Å². The normalized spacial score (nSPS) is 21.8. The maximum Gasteiger partial charge on any atom is 0.322 e. The number of amides is 2. The number of ether oxygens (including phenoxy) is 1. The largest absolute Gasteiger partial charge is 0.486 e. The van der Waals surface area contributed by atoms with Crippen LogP contribution in [-0.2, 0) is 0 Å². The number of nitrogens with one attached hydrogen (secondary N) is 1. The fourth-order valence-electron chi connectivity index (χ4n) is 3.18. The molecule has 0 unspecified atom stereocenters. The van der Waals surface area contributed by atoms with Crippen molar-refractivity contribution in [3.05, 3.63) is 23.8 Å². The topological polar surface area (TPSA) is 41.6 Å². The van der Waals surface area contributed by atoms with Gasteiger partial charge in [0, 0.05) is 6.04 Å². The molecule has 1 heterocycles. The van der Waals surface area contributed by atoms with E-state index < -0.39 is 0 Å². The van der Waals surface area contributed by atoms with E-state index in [9.17, 15) is 4.79 Å². The number of hydrogen-bond acceptors (Lipinski definition) is 2. The summed E-state index contributed by atoms with van der Waals surface area (Å²) >= 11 is 0. The molecular formula is C17H24N2O2. The molecule has 2 aliphatic rings. The van der Waals surface area contributed by atoms with Gasteiger partial charge in [-0.1, -0.05) is 25.8 Å². The molecule has 1 aromatic carbocycles. The van der Waals surface area contributed by atoms with E-state index in [1.807, 2.05) is 30.0 Å². The van der Waals surface area contributed by atoms with Crippen LogP contribution in [0.2, 0.25) is 0 Å². The van der Waals surface area contributed by atoms with Crippen LogP contribution in [0, 0.1) is 6.92 Å². The predicted octanol–water partition coefficient (Wildman–Crippen LogP) is 3.62. The first-order valence-corrected chi connectivity index (χ1v) is 8.02. The summed E-state index contributed by atoms with van der Waals surface area (Å²) in [7, 11) is 0. The van der Waals surface area contributed by atoms with Crippen LogP contribution in [-0.4, -0.2) is 24.7 Å². The fourth-order valence-corrected chi connectivity index (χ4v) is 3.18. The Bertz CT molecular complexity index is 524. The Kier molecular flexibility index (Phi) is 4.04. The van der Waals surface area contributed by atoms with E-state index in [0.717, 1.165) is 36.3 Å². The van der Waals surface area contributed by atoms with E-state index in [2.05, 4.69) is 12.2 Å². The molecule has 1 atom stereocenters. The second-order valence-electron chi connectivity index (χ2n) is 6.16. The predicted molar refractivity (Wildman–Crippen MR) is 84.0 cm³/mol. The highest BCUT2D eigenvalue weighted by molar-refractivity contribution is 5.94. The van der Waals surface area contributed by atoms with Gasteiger partial charge in [-0.05, 0) is 43.9 Å². The van der Waals surface area contributed by atoms with E-state index in [1.165, 1.54) is 12.8 Å². The lowest BCUT2D eigenvalue weighted by Gasteiger charge is -2.35. The lowest BCUT2D eigenvalue weighted by Crippen LogP contribution is -2.50. The lowest BCUT2D eigenvalue weighted by molar-refractivity contribution is 0.185. The summed E-state index contributed by atoms with van der Waals surface area (Å²) in [5, 5.41) is 3.19. The minimum atomic E-state index is 0.0236. The smallest absolute Gasteiger partial charge is 0.322 e. The Morgan fingerprint density at radius 3 is 2.86 bits per heavy atom. The van der Waals surface area contributed by atoms with Gasteiger partial charge in [-0.15, -0.1) is 0 Å². The van der Waals surface area contributed by atoms with Gasteiger partial charge in [-0.2, -0.15) is 0 Å². The summed E-state index contributed by atoms with van der Waals surface area (Å²) in [6.07, 6.45) is 5.64. The Balaban J connectivity index is 1.82. The van der Waals surface area contributed by atoms with E-state index in [4.69, 9.17) is 4.74 Å². The molecule has 1 fully saturated rings. The number of urea groups is 1. The Labute approximate surface area is 126 Å². The monoisotopic (exact) mass is 288 g/mol. The Morgan fingerprint density at radius 1 is 1.38 bits per heavy atom. The molecular weight excluding hydrogens is 264 g/mol.